The van der Waals surface area contributed by atoms with Crippen LogP contribution in [-0.2, 0) is 0 Å². The number of hydrogen-bond acceptors (Lipinski definition) is 2. The number of anilines is 2. The van der Waals surface area contributed by atoms with Crippen LogP contribution < -0.4 is 10.2 Å². The highest BCUT2D eigenvalue weighted by molar-refractivity contribution is 9.10. The number of nitrogens with one attached hydrogen (secondary N) is 1. The van der Waals surface area contributed by atoms with Crippen LogP contribution in [0.25, 0.3) is 0 Å². The third-order valence-corrected chi connectivity index (χ3v) is 4.14. The van der Waals surface area contributed by atoms with E-state index in [1.807, 2.05) is 32.3 Å². The van der Waals surface area contributed by atoms with Gasteiger partial charge in [-0.05, 0) is 58.7 Å². The standard InChI is InChI=1S/C16H18BrClN2/c1-11(12-4-7-14(8-5-12)20(2)3)19-16-10-13(18)6-9-15(16)17/h4-11,19H,1-3H3. The minimum Gasteiger partial charge on any atom is -0.378 e. The van der Waals surface area contributed by atoms with Gasteiger partial charge in [0.25, 0.3) is 0 Å². The maximum absolute atomic E-state index is 6.04. The molecule has 0 saturated carbocycles. The summed E-state index contributed by atoms with van der Waals surface area (Å²) in [6.07, 6.45) is 0. The Balaban J connectivity index is 2.15. The first-order valence-electron chi connectivity index (χ1n) is 6.46. The molecule has 0 aliphatic carbocycles. The molecule has 2 aromatic carbocycles. The van der Waals surface area contributed by atoms with E-state index in [-0.39, 0.29) is 6.04 Å². The van der Waals surface area contributed by atoms with Gasteiger partial charge in [-0.3, -0.25) is 0 Å². The molecule has 0 saturated heterocycles. The Bertz CT molecular complexity index is 582. The third-order valence-electron chi connectivity index (χ3n) is 3.21. The first kappa shape index (κ1) is 15.2. The first-order valence-corrected chi connectivity index (χ1v) is 7.63. The van der Waals surface area contributed by atoms with E-state index in [1.165, 1.54) is 11.3 Å². The van der Waals surface area contributed by atoms with Gasteiger partial charge < -0.3 is 10.2 Å². The predicted octanol–water partition coefficient (Wildman–Crippen LogP) is 5.34. The molecule has 1 atom stereocenters. The van der Waals surface area contributed by atoms with Gasteiger partial charge in [0.2, 0.25) is 0 Å². The molecular formula is C16H18BrClN2. The third kappa shape index (κ3) is 3.68. The second kappa shape index (κ2) is 6.51. The number of benzene rings is 2. The lowest BCUT2D eigenvalue weighted by atomic mass is 10.1. The van der Waals surface area contributed by atoms with Crippen LogP contribution in [0.4, 0.5) is 11.4 Å². The molecule has 2 rings (SSSR count). The molecular weight excluding hydrogens is 336 g/mol. The van der Waals surface area contributed by atoms with Crippen molar-refractivity contribution in [1.82, 2.24) is 0 Å². The molecule has 0 spiro atoms. The van der Waals surface area contributed by atoms with Crippen LogP contribution in [0.15, 0.2) is 46.9 Å². The van der Waals surface area contributed by atoms with Crippen LogP contribution in [0.1, 0.15) is 18.5 Å². The fourth-order valence-electron chi connectivity index (χ4n) is 1.99. The van der Waals surface area contributed by atoms with Gasteiger partial charge in [0.1, 0.15) is 0 Å². The zero-order valence-electron chi connectivity index (χ0n) is 11.8. The lowest BCUT2D eigenvalue weighted by Crippen LogP contribution is -2.10. The topological polar surface area (TPSA) is 15.3 Å². The number of rotatable bonds is 4. The van der Waals surface area contributed by atoms with E-state index in [9.17, 15) is 0 Å². The van der Waals surface area contributed by atoms with Crippen LogP contribution in [0.2, 0.25) is 5.02 Å². The summed E-state index contributed by atoms with van der Waals surface area (Å²) in [6, 6.07) is 14.5. The van der Waals surface area contributed by atoms with E-state index in [1.54, 1.807) is 0 Å². The fraction of sp³-hybridized carbons (Fsp3) is 0.250. The normalized spacial score (nSPS) is 12.1. The van der Waals surface area contributed by atoms with E-state index < -0.39 is 0 Å². The van der Waals surface area contributed by atoms with Crippen molar-refractivity contribution in [3.8, 4) is 0 Å². The Morgan fingerprint density at radius 1 is 1.10 bits per heavy atom. The summed E-state index contributed by atoms with van der Waals surface area (Å²) in [5.74, 6) is 0. The molecule has 0 bridgehead atoms. The van der Waals surface area contributed by atoms with Crippen molar-refractivity contribution in [1.29, 1.82) is 0 Å². The van der Waals surface area contributed by atoms with Crippen LogP contribution in [0.3, 0.4) is 0 Å². The van der Waals surface area contributed by atoms with Crippen LogP contribution in [-0.4, -0.2) is 14.1 Å². The summed E-state index contributed by atoms with van der Waals surface area (Å²) >= 11 is 9.57. The summed E-state index contributed by atoms with van der Waals surface area (Å²) in [4.78, 5) is 2.09. The summed E-state index contributed by atoms with van der Waals surface area (Å²) < 4.78 is 1.01. The van der Waals surface area contributed by atoms with E-state index in [0.717, 1.165) is 15.2 Å². The second-order valence-electron chi connectivity index (χ2n) is 4.98. The van der Waals surface area contributed by atoms with Crippen molar-refractivity contribution < 1.29 is 0 Å². The van der Waals surface area contributed by atoms with E-state index in [0.29, 0.717) is 0 Å². The summed E-state index contributed by atoms with van der Waals surface area (Å²) in [5, 5.41) is 4.20. The Kier molecular flexibility index (Phi) is 4.95. The monoisotopic (exact) mass is 352 g/mol. The number of nitrogens with zero attached hydrogens (tertiary/aromatic N) is 1. The van der Waals surface area contributed by atoms with Crippen molar-refractivity contribution in [2.45, 2.75) is 13.0 Å². The van der Waals surface area contributed by atoms with E-state index in [2.05, 4.69) is 57.3 Å². The quantitative estimate of drug-likeness (QED) is 0.798. The number of hydrogen-bond donors (Lipinski definition) is 1. The Hall–Kier alpha value is -1.19. The van der Waals surface area contributed by atoms with Crippen molar-refractivity contribution in [2.75, 3.05) is 24.3 Å². The van der Waals surface area contributed by atoms with Crippen molar-refractivity contribution >= 4 is 38.9 Å². The predicted molar refractivity (Wildman–Crippen MR) is 92.0 cm³/mol. The molecule has 0 aliphatic rings. The van der Waals surface area contributed by atoms with Crippen LogP contribution >= 0.6 is 27.5 Å². The van der Waals surface area contributed by atoms with Crippen LogP contribution in [0, 0.1) is 0 Å². The average molecular weight is 354 g/mol. The van der Waals surface area contributed by atoms with Gasteiger partial charge in [-0.1, -0.05) is 23.7 Å². The summed E-state index contributed by atoms with van der Waals surface area (Å²) in [6.45, 7) is 2.14. The SMILES string of the molecule is CC(Nc1cc(Cl)ccc1Br)c1ccc(N(C)C)cc1. The minimum absolute atomic E-state index is 0.209. The molecule has 0 fully saturated rings. The maximum Gasteiger partial charge on any atom is 0.0504 e. The molecule has 106 valence electrons. The molecule has 2 nitrogen and oxygen atoms in total. The summed E-state index contributed by atoms with van der Waals surface area (Å²) in [5.41, 5.74) is 3.44. The molecule has 2 aromatic rings. The van der Waals surface area contributed by atoms with Gasteiger partial charge in [-0.25, -0.2) is 0 Å². The Morgan fingerprint density at radius 3 is 2.35 bits per heavy atom. The molecule has 0 heterocycles. The van der Waals surface area contributed by atoms with Crippen LogP contribution in [0.5, 0.6) is 0 Å². The number of halogens is 2. The average Bonchev–Trinajstić information content (AvgIpc) is 2.43. The first-order chi connectivity index (χ1) is 9.47. The smallest absolute Gasteiger partial charge is 0.0504 e. The van der Waals surface area contributed by atoms with Crippen molar-refractivity contribution in [3.63, 3.8) is 0 Å². The Labute approximate surface area is 133 Å². The highest BCUT2D eigenvalue weighted by Gasteiger charge is 2.08. The molecule has 1 N–H and O–H groups in total. The van der Waals surface area contributed by atoms with E-state index in [4.69, 9.17) is 11.6 Å². The van der Waals surface area contributed by atoms with Gasteiger partial charge in [-0.2, -0.15) is 0 Å². The molecule has 4 heteroatoms. The van der Waals surface area contributed by atoms with Crippen molar-refractivity contribution in [3.05, 3.63) is 57.5 Å². The lowest BCUT2D eigenvalue weighted by molar-refractivity contribution is 0.883. The van der Waals surface area contributed by atoms with E-state index >= 15 is 0 Å². The molecule has 0 aliphatic heterocycles. The maximum atomic E-state index is 6.04. The molecule has 0 aromatic heterocycles. The molecule has 0 amide bonds. The highest BCUT2D eigenvalue weighted by Crippen LogP contribution is 2.29. The van der Waals surface area contributed by atoms with Gasteiger partial charge >= 0.3 is 0 Å². The molecule has 0 radical (unpaired) electrons. The molecule has 1 unspecified atom stereocenters. The zero-order chi connectivity index (χ0) is 14.7. The van der Waals surface area contributed by atoms with Gasteiger partial charge in [0.05, 0.1) is 5.69 Å². The highest BCUT2D eigenvalue weighted by atomic mass is 79.9. The minimum atomic E-state index is 0.209. The summed E-state index contributed by atoms with van der Waals surface area (Å²) in [7, 11) is 4.08. The fourth-order valence-corrected chi connectivity index (χ4v) is 2.52. The van der Waals surface area contributed by atoms with Crippen molar-refractivity contribution in [2.24, 2.45) is 0 Å². The molecule has 20 heavy (non-hydrogen) atoms. The van der Waals surface area contributed by atoms with Gasteiger partial charge in [-0.15, -0.1) is 0 Å². The van der Waals surface area contributed by atoms with Gasteiger partial charge in [0.15, 0.2) is 0 Å². The Morgan fingerprint density at radius 2 is 1.75 bits per heavy atom. The second-order valence-corrected chi connectivity index (χ2v) is 6.27. The largest absolute Gasteiger partial charge is 0.378 e. The van der Waals surface area contributed by atoms with Gasteiger partial charge in [0, 0.05) is 35.3 Å². The lowest BCUT2D eigenvalue weighted by Gasteiger charge is -2.19. The zero-order valence-corrected chi connectivity index (χ0v) is 14.2.